The minimum atomic E-state index is 0.0620. The van der Waals surface area contributed by atoms with Gasteiger partial charge >= 0.3 is 0 Å². The molecule has 0 unspecified atom stereocenters. The van der Waals surface area contributed by atoms with Gasteiger partial charge in [-0.3, -0.25) is 9.78 Å². The lowest BCUT2D eigenvalue weighted by Gasteiger charge is -2.19. The topological polar surface area (TPSA) is 33.2 Å². The van der Waals surface area contributed by atoms with Crippen LogP contribution in [0.1, 0.15) is 27.9 Å². The van der Waals surface area contributed by atoms with Crippen LogP contribution in [0.5, 0.6) is 0 Å². The lowest BCUT2D eigenvalue weighted by Crippen LogP contribution is -2.30. The van der Waals surface area contributed by atoms with Crippen LogP contribution in [-0.2, 0) is 6.54 Å². The summed E-state index contributed by atoms with van der Waals surface area (Å²) in [6.45, 7) is 5.19. The second-order valence-electron chi connectivity index (χ2n) is 4.21. The molecule has 0 N–H and O–H groups in total. The van der Waals surface area contributed by atoms with E-state index in [1.807, 2.05) is 38.1 Å². The van der Waals surface area contributed by atoms with Crippen molar-refractivity contribution in [2.24, 2.45) is 0 Å². The van der Waals surface area contributed by atoms with E-state index < -0.39 is 0 Å². The molecule has 2 heterocycles. The highest BCUT2D eigenvalue weighted by Gasteiger charge is 2.18. The van der Waals surface area contributed by atoms with Gasteiger partial charge in [-0.2, -0.15) is 0 Å². The van der Waals surface area contributed by atoms with Crippen LogP contribution >= 0.6 is 27.3 Å². The molecule has 3 nitrogen and oxygen atoms in total. The minimum Gasteiger partial charge on any atom is -0.332 e. The molecule has 0 aromatic carbocycles. The third-order valence-corrected chi connectivity index (χ3v) is 4.94. The number of halogens is 1. The first-order chi connectivity index (χ1) is 9.11. The molecule has 2 aromatic rings. The Bertz CT molecular complexity index is 549. The number of hydrogen-bond donors (Lipinski definition) is 0. The number of carbonyl (C=O) groups is 1. The Morgan fingerprint density at radius 1 is 1.47 bits per heavy atom. The van der Waals surface area contributed by atoms with E-state index in [4.69, 9.17) is 0 Å². The van der Waals surface area contributed by atoms with Gasteiger partial charge in [-0.1, -0.05) is 6.07 Å². The Hall–Kier alpha value is -1.20. The normalized spacial score (nSPS) is 10.5. The van der Waals surface area contributed by atoms with E-state index >= 15 is 0 Å². The van der Waals surface area contributed by atoms with Crippen LogP contribution in [0.3, 0.4) is 0 Å². The second-order valence-corrected chi connectivity index (χ2v) is 6.58. The van der Waals surface area contributed by atoms with Crippen molar-refractivity contribution in [2.45, 2.75) is 20.4 Å². The number of aromatic nitrogens is 1. The first kappa shape index (κ1) is 14.2. The van der Waals surface area contributed by atoms with Crippen LogP contribution in [-0.4, -0.2) is 22.3 Å². The Labute approximate surface area is 125 Å². The number of amides is 1. The number of rotatable bonds is 4. The molecule has 0 saturated carbocycles. The van der Waals surface area contributed by atoms with Crippen molar-refractivity contribution >= 4 is 33.2 Å². The number of hydrogen-bond acceptors (Lipinski definition) is 3. The molecule has 0 atom stereocenters. The third-order valence-electron chi connectivity index (χ3n) is 2.82. The molecule has 0 bridgehead atoms. The van der Waals surface area contributed by atoms with Crippen LogP contribution in [0.15, 0.2) is 34.2 Å². The number of carbonyl (C=O) groups excluding carboxylic acids is 1. The van der Waals surface area contributed by atoms with E-state index in [9.17, 15) is 4.79 Å². The van der Waals surface area contributed by atoms with E-state index in [0.717, 1.165) is 19.9 Å². The SMILES string of the molecule is CCN(Cc1ccccn1)C(=O)c1cc(C)c(Br)s1. The first-order valence-corrected chi connectivity index (χ1v) is 7.68. The molecular weight excluding hydrogens is 324 g/mol. The predicted octanol–water partition coefficient (Wildman–Crippen LogP) is 3.88. The van der Waals surface area contributed by atoms with Crippen LogP contribution in [0.2, 0.25) is 0 Å². The van der Waals surface area contributed by atoms with Gasteiger partial charge in [-0.25, -0.2) is 0 Å². The van der Waals surface area contributed by atoms with E-state index in [0.29, 0.717) is 13.1 Å². The number of pyridine rings is 1. The third kappa shape index (κ3) is 3.42. The largest absolute Gasteiger partial charge is 0.332 e. The summed E-state index contributed by atoms with van der Waals surface area (Å²) >= 11 is 4.94. The van der Waals surface area contributed by atoms with Crippen LogP contribution in [0.4, 0.5) is 0 Å². The maximum Gasteiger partial charge on any atom is 0.264 e. The van der Waals surface area contributed by atoms with E-state index in [1.165, 1.54) is 11.3 Å². The smallest absolute Gasteiger partial charge is 0.264 e. The Balaban J connectivity index is 2.15. The number of aryl methyl sites for hydroxylation is 1. The fourth-order valence-corrected chi connectivity index (χ4v) is 3.24. The summed E-state index contributed by atoms with van der Waals surface area (Å²) in [6, 6.07) is 7.68. The van der Waals surface area contributed by atoms with Crippen LogP contribution in [0.25, 0.3) is 0 Å². The van der Waals surface area contributed by atoms with Crippen molar-refractivity contribution in [2.75, 3.05) is 6.54 Å². The predicted molar refractivity (Wildman–Crippen MR) is 81.4 cm³/mol. The summed E-state index contributed by atoms with van der Waals surface area (Å²) in [4.78, 5) is 19.3. The van der Waals surface area contributed by atoms with Crippen molar-refractivity contribution in [1.29, 1.82) is 0 Å². The van der Waals surface area contributed by atoms with Gasteiger partial charge in [-0.15, -0.1) is 11.3 Å². The van der Waals surface area contributed by atoms with Gasteiger partial charge in [0.15, 0.2) is 0 Å². The summed E-state index contributed by atoms with van der Waals surface area (Å²) in [5, 5.41) is 0. The highest BCUT2D eigenvalue weighted by atomic mass is 79.9. The molecule has 0 aliphatic carbocycles. The summed E-state index contributed by atoms with van der Waals surface area (Å²) in [5.74, 6) is 0.0620. The molecule has 19 heavy (non-hydrogen) atoms. The Morgan fingerprint density at radius 2 is 2.26 bits per heavy atom. The maximum atomic E-state index is 12.4. The van der Waals surface area contributed by atoms with Gasteiger partial charge in [0, 0.05) is 12.7 Å². The minimum absolute atomic E-state index is 0.0620. The molecule has 0 radical (unpaired) electrons. The lowest BCUT2D eigenvalue weighted by molar-refractivity contribution is 0.0755. The molecule has 0 aliphatic heterocycles. The zero-order chi connectivity index (χ0) is 13.8. The maximum absolute atomic E-state index is 12.4. The number of nitrogens with zero attached hydrogens (tertiary/aromatic N) is 2. The van der Waals surface area contributed by atoms with Gasteiger partial charge in [0.05, 0.1) is 20.9 Å². The number of thiophene rings is 1. The summed E-state index contributed by atoms with van der Waals surface area (Å²) in [6.07, 6.45) is 1.75. The van der Waals surface area contributed by atoms with Crippen molar-refractivity contribution in [3.05, 3.63) is 50.4 Å². The van der Waals surface area contributed by atoms with E-state index in [2.05, 4.69) is 20.9 Å². The summed E-state index contributed by atoms with van der Waals surface area (Å²) in [7, 11) is 0. The summed E-state index contributed by atoms with van der Waals surface area (Å²) < 4.78 is 1.02. The summed E-state index contributed by atoms with van der Waals surface area (Å²) in [5.41, 5.74) is 2.01. The van der Waals surface area contributed by atoms with Crippen molar-refractivity contribution < 1.29 is 4.79 Å². The molecular formula is C14H15BrN2OS. The fraction of sp³-hybridized carbons (Fsp3) is 0.286. The van der Waals surface area contributed by atoms with Gasteiger partial charge in [0.1, 0.15) is 0 Å². The van der Waals surface area contributed by atoms with Crippen molar-refractivity contribution in [3.8, 4) is 0 Å². The van der Waals surface area contributed by atoms with Crippen LogP contribution < -0.4 is 0 Å². The molecule has 100 valence electrons. The van der Waals surface area contributed by atoms with Crippen LogP contribution in [0, 0.1) is 6.92 Å². The molecule has 0 saturated heterocycles. The van der Waals surface area contributed by atoms with Gasteiger partial charge < -0.3 is 4.90 Å². The molecule has 0 aliphatic rings. The molecule has 5 heteroatoms. The second kappa shape index (κ2) is 6.30. The molecule has 2 rings (SSSR count). The average molecular weight is 339 g/mol. The lowest BCUT2D eigenvalue weighted by atomic mass is 10.3. The highest BCUT2D eigenvalue weighted by Crippen LogP contribution is 2.28. The molecule has 1 amide bonds. The molecule has 0 fully saturated rings. The average Bonchev–Trinajstić information content (AvgIpc) is 2.76. The Kier molecular flexibility index (Phi) is 4.71. The van der Waals surface area contributed by atoms with E-state index in [-0.39, 0.29) is 5.91 Å². The fourth-order valence-electron chi connectivity index (χ4n) is 1.74. The van der Waals surface area contributed by atoms with Crippen molar-refractivity contribution in [3.63, 3.8) is 0 Å². The monoisotopic (exact) mass is 338 g/mol. The Morgan fingerprint density at radius 3 is 2.79 bits per heavy atom. The zero-order valence-corrected chi connectivity index (χ0v) is 13.3. The first-order valence-electron chi connectivity index (χ1n) is 6.07. The van der Waals surface area contributed by atoms with E-state index in [1.54, 1.807) is 11.1 Å². The zero-order valence-electron chi connectivity index (χ0n) is 10.9. The standard InChI is InChI=1S/C14H15BrN2OS/c1-3-17(9-11-6-4-5-7-16-11)14(18)12-8-10(2)13(15)19-12/h4-8H,3,9H2,1-2H3. The highest BCUT2D eigenvalue weighted by molar-refractivity contribution is 9.11. The van der Waals surface area contributed by atoms with Gasteiger partial charge in [-0.05, 0) is 53.5 Å². The van der Waals surface area contributed by atoms with Gasteiger partial charge in [0.25, 0.3) is 5.91 Å². The van der Waals surface area contributed by atoms with Crippen molar-refractivity contribution in [1.82, 2.24) is 9.88 Å². The molecule has 0 spiro atoms. The quantitative estimate of drug-likeness (QED) is 0.847. The van der Waals surface area contributed by atoms with Gasteiger partial charge in [0.2, 0.25) is 0 Å². The molecule has 2 aromatic heterocycles.